The molecule has 33 heavy (non-hydrogen) atoms. The van der Waals surface area contributed by atoms with Crippen molar-refractivity contribution in [1.29, 1.82) is 0 Å². The van der Waals surface area contributed by atoms with Crippen molar-refractivity contribution in [2.45, 2.75) is 43.0 Å². The van der Waals surface area contributed by atoms with E-state index in [0.29, 0.717) is 26.7 Å². The molecule has 0 saturated heterocycles. The molecule has 0 radical (unpaired) electrons. The van der Waals surface area contributed by atoms with Crippen molar-refractivity contribution in [1.82, 2.24) is 9.55 Å². The van der Waals surface area contributed by atoms with E-state index in [4.69, 9.17) is 32.9 Å². The molecule has 4 aromatic rings. The number of rotatable bonds is 5. The van der Waals surface area contributed by atoms with E-state index in [9.17, 15) is 4.79 Å². The highest BCUT2D eigenvalue weighted by Crippen LogP contribution is 2.36. The predicted octanol–water partition coefficient (Wildman–Crippen LogP) is 7.32. The Kier molecular flexibility index (Phi) is 6.70. The Bertz CT molecular complexity index is 1400. The Balaban J connectivity index is 1.66. The molecule has 0 saturated carbocycles. The molecule has 0 spiro atoms. The number of thiophene rings is 1. The van der Waals surface area contributed by atoms with Gasteiger partial charge in [0.2, 0.25) is 0 Å². The van der Waals surface area contributed by atoms with Crippen LogP contribution in [0, 0.1) is 0 Å². The van der Waals surface area contributed by atoms with Gasteiger partial charge in [-0.2, -0.15) is 0 Å². The van der Waals surface area contributed by atoms with E-state index in [0.717, 1.165) is 40.7 Å². The zero-order valence-corrected chi connectivity index (χ0v) is 21.2. The standard InChI is InChI=1S/C25H22Cl2N2O2S2/c1-31-18-7-5-6-17(13-18)29-24(30)22-19-8-3-2-4-9-21(19)33-23(22)28-25(29)32-14-15-10-11-16(26)12-20(15)27/h5-7,10-13H,2-4,8-9,14H2,1H3. The first kappa shape index (κ1) is 22.8. The number of hydrogen-bond donors (Lipinski definition) is 0. The third-order valence-corrected chi connectivity index (χ3v) is 8.65. The quantitative estimate of drug-likeness (QED) is 0.158. The van der Waals surface area contributed by atoms with Crippen LogP contribution in [-0.2, 0) is 18.6 Å². The van der Waals surface area contributed by atoms with Crippen molar-refractivity contribution in [3.63, 3.8) is 0 Å². The Morgan fingerprint density at radius 1 is 1.12 bits per heavy atom. The van der Waals surface area contributed by atoms with Gasteiger partial charge in [-0.1, -0.05) is 53.5 Å². The highest BCUT2D eigenvalue weighted by atomic mass is 35.5. The first-order valence-electron chi connectivity index (χ1n) is 10.8. The molecule has 2 aromatic carbocycles. The maximum absolute atomic E-state index is 13.9. The van der Waals surface area contributed by atoms with E-state index in [1.54, 1.807) is 29.1 Å². The number of thioether (sulfide) groups is 1. The highest BCUT2D eigenvalue weighted by Gasteiger charge is 2.22. The Morgan fingerprint density at radius 2 is 1.97 bits per heavy atom. The van der Waals surface area contributed by atoms with Crippen LogP contribution < -0.4 is 10.3 Å². The Labute approximate surface area is 210 Å². The SMILES string of the molecule is COc1cccc(-n2c(SCc3ccc(Cl)cc3Cl)nc3sc4c(c3c2=O)CCCCC4)c1. The van der Waals surface area contributed by atoms with E-state index < -0.39 is 0 Å². The molecule has 4 nitrogen and oxygen atoms in total. The second-order valence-electron chi connectivity index (χ2n) is 8.01. The number of methoxy groups -OCH3 is 1. The summed E-state index contributed by atoms with van der Waals surface area (Å²) >= 11 is 15.6. The number of aromatic nitrogens is 2. The molecule has 0 aliphatic heterocycles. The predicted molar refractivity (Wildman–Crippen MR) is 139 cm³/mol. The molecular formula is C25H22Cl2N2O2S2. The van der Waals surface area contributed by atoms with Gasteiger partial charge in [-0.25, -0.2) is 4.98 Å². The summed E-state index contributed by atoms with van der Waals surface area (Å²) in [5, 5.41) is 2.62. The van der Waals surface area contributed by atoms with Gasteiger partial charge in [-0.3, -0.25) is 9.36 Å². The molecule has 0 bridgehead atoms. The van der Waals surface area contributed by atoms with Crippen LogP contribution in [0.15, 0.2) is 52.4 Å². The Hall–Kier alpha value is -1.99. The van der Waals surface area contributed by atoms with Crippen LogP contribution in [0.25, 0.3) is 15.9 Å². The number of ether oxygens (including phenoxy) is 1. The van der Waals surface area contributed by atoms with Crippen LogP contribution in [0.2, 0.25) is 10.0 Å². The third-order valence-electron chi connectivity index (χ3n) is 5.89. The van der Waals surface area contributed by atoms with E-state index in [1.807, 2.05) is 36.4 Å². The summed E-state index contributed by atoms with van der Waals surface area (Å²) in [4.78, 5) is 21.1. The third kappa shape index (κ3) is 4.54. The lowest BCUT2D eigenvalue weighted by Gasteiger charge is -2.14. The number of halogens is 2. The first-order chi connectivity index (χ1) is 16.0. The van der Waals surface area contributed by atoms with E-state index >= 15 is 0 Å². The van der Waals surface area contributed by atoms with Gasteiger partial charge in [-0.05, 0) is 61.1 Å². The van der Waals surface area contributed by atoms with Gasteiger partial charge < -0.3 is 4.74 Å². The number of hydrogen-bond acceptors (Lipinski definition) is 5. The van der Waals surface area contributed by atoms with Gasteiger partial charge in [0, 0.05) is 26.7 Å². The summed E-state index contributed by atoms with van der Waals surface area (Å²) in [6.07, 6.45) is 5.45. The zero-order valence-electron chi connectivity index (χ0n) is 18.1. The molecule has 2 heterocycles. The summed E-state index contributed by atoms with van der Waals surface area (Å²) < 4.78 is 7.14. The lowest BCUT2D eigenvalue weighted by molar-refractivity contribution is 0.414. The van der Waals surface area contributed by atoms with E-state index in [1.165, 1.54) is 35.0 Å². The number of fused-ring (bicyclic) bond motifs is 3. The van der Waals surface area contributed by atoms with Crippen LogP contribution in [0.4, 0.5) is 0 Å². The monoisotopic (exact) mass is 516 g/mol. The van der Waals surface area contributed by atoms with Crippen molar-refractivity contribution in [2.24, 2.45) is 0 Å². The van der Waals surface area contributed by atoms with Crippen LogP contribution in [-0.4, -0.2) is 16.7 Å². The van der Waals surface area contributed by atoms with Crippen LogP contribution >= 0.6 is 46.3 Å². The second-order valence-corrected chi connectivity index (χ2v) is 10.9. The van der Waals surface area contributed by atoms with Gasteiger partial charge >= 0.3 is 0 Å². The molecule has 8 heteroatoms. The molecule has 0 amide bonds. The first-order valence-corrected chi connectivity index (χ1v) is 13.4. The molecule has 5 rings (SSSR count). The fourth-order valence-electron chi connectivity index (χ4n) is 4.22. The van der Waals surface area contributed by atoms with Gasteiger partial charge in [0.1, 0.15) is 10.6 Å². The molecule has 1 aliphatic carbocycles. The molecule has 170 valence electrons. The maximum atomic E-state index is 13.9. The fraction of sp³-hybridized carbons (Fsp3) is 0.280. The Morgan fingerprint density at radius 3 is 2.79 bits per heavy atom. The smallest absolute Gasteiger partial charge is 0.267 e. The minimum Gasteiger partial charge on any atom is -0.497 e. The average molecular weight is 518 g/mol. The summed E-state index contributed by atoms with van der Waals surface area (Å²) in [5.74, 6) is 1.27. The van der Waals surface area contributed by atoms with Crippen LogP contribution in [0.3, 0.4) is 0 Å². The summed E-state index contributed by atoms with van der Waals surface area (Å²) in [6, 6.07) is 13.0. The molecule has 2 aromatic heterocycles. The largest absolute Gasteiger partial charge is 0.497 e. The molecule has 1 aliphatic rings. The van der Waals surface area contributed by atoms with E-state index in [2.05, 4.69) is 0 Å². The molecule has 0 unspecified atom stereocenters. The van der Waals surface area contributed by atoms with Gasteiger partial charge in [0.15, 0.2) is 5.16 Å². The zero-order chi connectivity index (χ0) is 22.9. The normalized spacial score (nSPS) is 13.7. The highest BCUT2D eigenvalue weighted by molar-refractivity contribution is 7.98. The summed E-state index contributed by atoms with van der Waals surface area (Å²) in [6.45, 7) is 0. The minimum absolute atomic E-state index is 0.0163. The molecular weight excluding hydrogens is 495 g/mol. The summed E-state index contributed by atoms with van der Waals surface area (Å²) in [5.41, 5.74) is 2.86. The lowest BCUT2D eigenvalue weighted by Crippen LogP contribution is -2.22. The molecule has 0 N–H and O–H groups in total. The van der Waals surface area contributed by atoms with Crippen molar-refractivity contribution in [2.75, 3.05) is 7.11 Å². The minimum atomic E-state index is -0.0163. The van der Waals surface area contributed by atoms with E-state index in [-0.39, 0.29) is 5.56 Å². The van der Waals surface area contributed by atoms with Gasteiger partial charge in [0.05, 0.1) is 18.2 Å². The van der Waals surface area contributed by atoms with Crippen LogP contribution in [0.5, 0.6) is 5.75 Å². The lowest BCUT2D eigenvalue weighted by atomic mass is 10.1. The van der Waals surface area contributed by atoms with Gasteiger partial charge in [0.25, 0.3) is 5.56 Å². The molecule has 0 atom stereocenters. The van der Waals surface area contributed by atoms with Crippen LogP contribution in [0.1, 0.15) is 35.3 Å². The van der Waals surface area contributed by atoms with Gasteiger partial charge in [-0.15, -0.1) is 11.3 Å². The number of aryl methyl sites for hydroxylation is 2. The second kappa shape index (κ2) is 9.71. The van der Waals surface area contributed by atoms with Crippen molar-refractivity contribution in [3.05, 3.63) is 78.9 Å². The number of nitrogens with zero attached hydrogens (tertiary/aromatic N) is 2. The van der Waals surface area contributed by atoms with Crippen molar-refractivity contribution >= 4 is 56.5 Å². The molecule has 0 fully saturated rings. The average Bonchev–Trinajstić information content (AvgIpc) is 3.00. The van der Waals surface area contributed by atoms with Crippen molar-refractivity contribution in [3.8, 4) is 11.4 Å². The number of benzene rings is 2. The van der Waals surface area contributed by atoms with Crippen molar-refractivity contribution < 1.29 is 4.74 Å². The summed E-state index contributed by atoms with van der Waals surface area (Å²) in [7, 11) is 1.63. The fourth-order valence-corrected chi connectivity index (χ4v) is 7.09. The maximum Gasteiger partial charge on any atom is 0.267 e. The topological polar surface area (TPSA) is 44.1 Å².